The minimum Gasteiger partial charge on any atom is -0.490 e. The van der Waals surface area contributed by atoms with E-state index in [0.717, 1.165) is 5.56 Å². The molecule has 0 aromatic heterocycles. The van der Waals surface area contributed by atoms with E-state index in [9.17, 15) is 4.39 Å². The number of nitrogens with zero attached hydrogens (tertiary/aromatic N) is 1. The average Bonchev–Trinajstić information content (AvgIpc) is 2.56. The predicted molar refractivity (Wildman–Crippen MR) is 101 cm³/mol. The monoisotopic (exact) mass is 364 g/mol. The number of benzene rings is 2. The van der Waals surface area contributed by atoms with E-state index in [0.29, 0.717) is 41.3 Å². The molecule has 134 valence electrons. The molecule has 0 aliphatic heterocycles. The van der Waals surface area contributed by atoms with Crippen LogP contribution in [0.25, 0.3) is 0 Å². The first-order chi connectivity index (χ1) is 12.0. The third kappa shape index (κ3) is 5.94. The molecule has 0 amide bonds. The number of hydrogen-bond donors (Lipinski definition) is 1. The van der Waals surface area contributed by atoms with Gasteiger partial charge < -0.3 is 9.47 Å². The van der Waals surface area contributed by atoms with Crippen LogP contribution in [0.4, 0.5) is 10.1 Å². The van der Waals surface area contributed by atoms with Gasteiger partial charge in [-0.05, 0) is 54.8 Å². The highest BCUT2D eigenvalue weighted by molar-refractivity contribution is 6.32. The quantitative estimate of drug-likeness (QED) is 0.506. The molecule has 0 fully saturated rings. The summed E-state index contributed by atoms with van der Waals surface area (Å²) in [6.45, 7) is 7.09. The minimum absolute atomic E-state index is 0.292. The van der Waals surface area contributed by atoms with Gasteiger partial charge in [0.1, 0.15) is 5.82 Å². The molecule has 0 saturated heterocycles. The Morgan fingerprint density at radius 3 is 2.56 bits per heavy atom. The fourth-order valence-corrected chi connectivity index (χ4v) is 2.29. The second-order valence-electron chi connectivity index (χ2n) is 5.84. The molecule has 2 aromatic rings. The van der Waals surface area contributed by atoms with Gasteiger partial charge in [0.25, 0.3) is 0 Å². The summed E-state index contributed by atoms with van der Waals surface area (Å²) >= 11 is 6.34. The van der Waals surface area contributed by atoms with Crippen molar-refractivity contribution in [2.45, 2.75) is 20.8 Å². The zero-order valence-electron chi connectivity index (χ0n) is 14.6. The lowest BCUT2D eigenvalue weighted by Gasteiger charge is -2.15. The number of ether oxygens (including phenoxy) is 2. The van der Waals surface area contributed by atoms with Gasteiger partial charge in [0, 0.05) is 0 Å². The number of halogens is 2. The summed E-state index contributed by atoms with van der Waals surface area (Å²) in [5.41, 5.74) is 4.28. The van der Waals surface area contributed by atoms with Gasteiger partial charge in [0.2, 0.25) is 0 Å². The summed E-state index contributed by atoms with van der Waals surface area (Å²) < 4.78 is 24.3. The maximum atomic E-state index is 12.9. The first kappa shape index (κ1) is 19.1. The van der Waals surface area contributed by atoms with E-state index < -0.39 is 0 Å². The molecule has 0 aliphatic rings. The molecular weight excluding hydrogens is 343 g/mol. The summed E-state index contributed by atoms with van der Waals surface area (Å²) in [6, 6.07) is 9.52. The normalized spacial score (nSPS) is 11.1. The second-order valence-corrected chi connectivity index (χ2v) is 6.25. The molecule has 0 aliphatic carbocycles. The Morgan fingerprint density at radius 2 is 1.92 bits per heavy atom. The van der Waals surface area contributed by atoms with Crippen molar-refractivity contribution in [1.29, 1.82) is 0 Å². The maximum Gasteiger partial charge on any atom is 0.179 e. The lowest BCUT2D eigenvalue weighted by atomic mass is 10.2. The molecular formula is C19H22ClFN2O2. The fraction of sp³-hybridized carbons (Fsp3) is 0.316. The Hall–Kier alpha value is -2.27. The van der Waals surface area contributed by atoms with Crippen LogP contribution in [0.5, 0.6) is 11.5 Å². The first-order valence-corrected chi connectivity index (χ1v) is 8.51. The second kappa shape index (κ2) is 9.28. The molecule has 0 unspecified atom stereocenters. The van der Waals surface area contributed by atoms with E-state index in [1.807, 2.05) is 13.0 Å². The highest BCUT2D eigenvalue weighted by Crippen LogP contribution is 2.36. The third-order valence-electron chi connectivity index (χ3n) is 3.14. The number of hydrogen-bond acceptors (Lipinski definition) is 4. The number of anilines is 1. The van der Waals surface area contributed by atoms with Crippen LogP contribution >= 0.6 is 11.6 Å². The average molecular weight is 365 g/mol. The summed E-state index contributed by atoms with van der Waals surface area (Å²) in [6.07, 6.45) is 1.62. The van der Waals surface area contributed by atoms with E-state index in [-0.39, 0.29) is 5.82 Å². The van der Waals surface area contributed by atoms with Crippen molar-refractivity contribution < 1.29 is 13.9 Å². The third-order valence-corrected chi connectivity index (χ3v) is 3.42. The van der Waals surface area contributed by atoms with Crippen molar-refractivity contribution in [3.63, 3.8) is 0 Å². The smallest absolute Gasteiger partial charge is 0.179 e. The van der Waals surface area contributed by atoms with Gasteiger partial charge in [0.15, 0.2) is 11.5 Å². The molecule has 0 atom stereocenters. The molecule has 0 radical (unpaired) electrons. The lowest BCUT2D eigenvalue weighted by molar-refractivity contribution is 0.248. The van der Waals surface area contributed by atoms with Crippen LogP contribution in [0.1, 0.15) is 26.3 Å². The molecule has 4 nitrogen and oxygen atoms in total. The summed E-state index contributed by atoms with van der Waals surface area (Å²) in [7, 11) is 0. The molecule has 2 aromatic carbocycles. The van der Waals surface area contributed by atoms with Crippen LogP contribution in [0.15, 0.2) is 41.5 Å². The van der Waals surface area contributed by atoms with Gasteiger partial charge in [-0.15, -0.1) is 0 Å². The van der Waals surface area contributed by atoms with Gasteiger partial charge in [-0.3, -0.25) is 5.43 Å². The van der Waals surface area contributed by atoms with Gasteiger partial charge >= 0.3 is 0 Å². The van der Waals surface area contributed by atoms with Crippen molar-refractivity contribution in [1.82, 2.24) is 0 Å². The summed E-state index contributed by atoms with van der Waals surface area (Å²) in [4.78, 5) is 0. The van der Waals surface area contributed by atoms with Crippen LogP contribution in [-0.4, -0.2) is 19.4 Å². The maximum absolute atomic E-state index is 12.9. The van der Waals surface area contributed by atoms with Crippen molar-refractivity contribution in [2.24, 2.45) is 11.0 Å². The topological polar surface area (TPSA) is 42.8 Å². The van der Waals surface area contributed by atoms with Crippen molar-refractivity contribution >= 4 is 23.5 Å². The molecule has 2 rings (SSSR count). The minimum atomic E-state index is -0.292. The SMILES string of the molecule is CCOc1cc(/C=N/Nc2ccc(F)cc2)cc(Cl)c1OCC(C)C. The van der Waals surface area contributed by atoms with Crippen LogP contribution < -0.4 is 14.9 Å². The highest BCUT2D eigenvalue weighted by Gasteiger charge is 2.12. The van der Waals surface area contributed by atoms with Crippen molar-refractivity contribution in [3.8, 4) is 11.5 Å². The van der Waals surface area contributed by atoms with Crippen molar-refractivity contribution in [2.75, 3.05) is 18.6 Å². The van der Waals surface area contributed by atoms with Crippen LogP contribution in [-0.2, 0) is 0 Å². The fourth-order valence-electron chi connectivity index (χ4n) is 2.02. The Kier molecular flexibility index (Phi) is 7.07. The lowest BCUT2D eigenvalue weighted by Crippen LogP contribution is -2.07. The van der Waals surface area contributed by atoms with E-state index >= 15 is 0 Å². The summed E-state index contributed by atoms with van der Waals surface area (Å²) in [5, 5.41) is 4.60. The van der Waals surface area contributed by atoms with Gasteiger partial charge in [-0.1, -0.05) is 25.4 Å². The summed E-state index contributed by atoms with van der Waals surface area (Å²) in [5.74, 6) is 1.21. The molecule has 25 heavy (non-hydrogen) atoms. The van der Waals surface area contributed by atoms with Crippen LogP contribution in [0.3, 0.4) is 0 Å². The number of nitrogens with one attached hydrogen (secondary N) is 1. The Balaban J connectivity index is 2.14. The van der Waals surface area contributed by atoms with Crippen LogP contribution in [0, 0.1) is 11.7 Å². The number of hydrazone groups is 1. The van der Waals surface area contributed by atoms with E-state index in [4.69, 9.17) is 21.1 Å². The predicted octanol–water partition coefficient (Wildman–Crippen LogP) is 5.36. The van der Waals surface area contributed by atoms with Gasteiger partial charge in [-0.2, -0.15) is 5.10 Å². The van der Waals surface area contributed by atoms with Gasteiger partial charge in [-0.25, -0.2) is 4.39 Å². The zero-order chi connectivity index (χ0) is 18.2. The Bertz CT molecular complexity index is 718. The standard InChI is InChI=1S/C19H22ClFN2O2/c1-4-24-18-10-14(9-17(20)19(18)25-12-13(2)3)11-22-23-16-7-5-15(21)6-8-16/h5-11,13,23H,4,12H2,1-3H3/b22-11+. The molecule has 0 heterocycles. The number of rotatable bonds is 8. The zero-order valence-corrected chi connectivity index (χ0v) is 15.3. The van der Waals surface area contributed by atoms with E-state index in [2.05, 4.69) is 24.4 Å². The molecule has 0 saturated carbocycles. The highest BCUT2D eigenvalue weighted by atomic mass is 35.5. The first-order valence-electron chi connectivity index (χ1n) is 8.13. The molecule has 0 bridgehead atoms. The molecule has 6 heteroatoms. The molecule has 0 spiro atoms. The van der Waals surface area contributed by atoms with Gasteiger partial charge in [0.05, 0.1) is 30.1 Å². The van der Waals surface area contributed by atoms with Crippen LogP contribution in [0.2, 0.25) is 5.02 Å². The Labute approximate surface area is 152 Å². The molecule has 1 N–H and O–H groups in total. The largest absolute Gasteiger partial charge is 0.490 e. The van der Waals surface area contributed by atoms with Crippen molar-refractivity contribution in [3.05, 3.63) is 52.8 Å². The van der Waals surface area contributed by atoms with E-state index in [1.54, 1.807) is 24.4 Å². The Morgan fingerprint density at radius 1 is 1.20 bits per heavy atom. The van der Waals surface area contributed by atoms with E-state index in [1.165, 1.54) is 12.1 Å².